The Morgan fingerprint density at radius 2 is 2.00 bits per heavy atom. The van der Waals surface area contributed by atoms with E-state index in [1.165, 1.54) is 0 Å². The predicted molar refractivity (Wildman–Crippen MR) is 68.2 cm³/mol. The van der Waals surface area contributed by atoms with Crippen LogP contribution in [0.3, 0.4) is 0 Å². The average molecular weight is 258 g/mol. The first-order chi connectivity index (χ1) is 8.83. The third-order valence-electron chi connectivity index (χ3n) is 2.46. The third-order valence-corrected chi connectivity index (χ3v) is 3.64. The van der Waals surface area contributed by atoms with Gasteiger partial charge in [-0.3, -0.25) is 9.97 Å². The first kappa shape index (κ1) is 11.2. The molecule has 0 amide bonds. The van der Waals surface area contributed by atoms with Crippen molar-refractivity contribution in [2.24, 2.45) is 0 Å². The summed E-state index contributed by atoms with van der Waals surface area (Å²) in [5, 5.41) is 0.439. The zero-order chi connectivity index (χ0) is 12.4. The van der Waals surface area contributed by atoms with E-state index >= 15 is 0 Å². The first-order valence-electron chi connectivity index (χ1n) is 5.42. The zero-order valence-corrected chi connectivity index (χ0v) is 10.2. The van der Waals surface area contributed by atoms with Gasteiger partial charge in [-0.1, -0.05) is 6.07 Å². The molecule has 3 rings (SSSR count). The molecule has 3 aromatic rings. The summed E-state index contributed by atoms with van der Waals surface area (Å²) in [4.78, 5) is 15.5. The second-order valence-corrected chi connectivity index (χ2v) is 5.09. The van der Waals surface area contributed by atoms with Crippen LogP contribution in [0.4, 0.5) is 0 Å². The summed E-state index contributed by atoms with van der Waals surface area (Å²) < 4.78 is 12.1. The largest absolute Gasteiger partial charge is 0.609 e. The zero-order valence-electron chi connectivity index (χ0n) is 9.41. The monoisotopic (exact) mass is 258 g/mol. The Kier molecular flexibility index (Phi) is 2.95. The molecule has 1 unspecified atom stereocenters. The highest BCUT2D eigenvalue weighted by molar-refractivity contribution is 7.90. The normalized spacial score (nSPS) is 12.7. The van der Waals surface area contributed by atoms with Gasteiger partial charge in [-0.15, -0.1) is 0 Å². The number of fused-ring (bicyclic) bond motifs is 1. The van der Waals surface area contributed by atoms with Crippen LogP contribution in [-0.2, 0) is 16.9 Å². The molecule has 0 aliphatic heterocycles. The number of imidazole rings is 1. The quantitative estimate of drug-likeness (QED) is 0.725. The van der Waals surface area contributed by atoms with Crippen molar-refractivity contribution in [1.29, 1.82) is 0 Å². The van der Waals surface area contributed by atoms with Crippen LogP contribution in [0.25, 0.3) is 11.2 Å². The Labute approximate surface area is 106 Å². The number of hydrogen-bond donors (Lipinski definition) is 1. The van der Waals surface area contributed by atoms with Gasteiger partial charge in [0, 0.05) is 23.6 Å². The number of rotatable bonds is 3. The highest BCUT2D eigenvalue weighted by Crippen LogP contribution is 2.15. The summed E-state index contributed by atoms with van der Waals surface area (Å²) in [6.45, 7) is 0. The van der Waals surface area contributed by atoms with E-state index in [0.717, 1.165) is 11.2 Å². The van der Waals surface area contributed by atoms with Crippen molar-refractivity contribution >= 4 is 22.3 Å². The molecule has 1 N–H and O–H groups in total. The summed E-state index contributed by atoms with van der Waals surface area (Å²) in [5.41, 5.74) is 2.16. The Bertz CT molecular complexity index is 622. The molecule has 0 fully saturated rings. The Balaban J connectivity index is 1.86. The summed E-state index contributed by atoms with van der Waals surface area (Å²) in [6.07, 6.45) is 3.35. The number of nitrogens with one attached hydrogen (secondary N) is 1. The summed E-state index contributed by atoms with van der Waals surface area (Å²) in [7, 11) is 0. The molecule has 1 atom stereocenters. The number of pyridine rings is 2. The fourth-order valence-electron chi connectivity index (χ4n) is 1.62. The number of hydrogen-bond acceptors (Lipinski definition) is 4. The molecule has 0 aliphatic rings. The maximum Gasteiger partial charge on any atom is 0.323 e. The molecule has 3 heterocycles. The van der Waals surface area contributed by atoms with Gasteiger partial charge in [0.05, 0.1) is 11.2 Å². The van der Waals surface area contributed by atoms with Crippen LogP contribution in [0.15, 0.2) is 47.9 Å². The highest BCUT2D eigenvalue weighted by Gasteiger charge is 2.17. The van der Waals surface area contributed by atoms with Crippen LogP contribution >= 0.6 is 0 Å². The smallest absolute Gasteiger partial charge is 0.323 e. The van der Waals surface area contributed by atoms with Crippen molar-refractivity contribution in [3.05, 3.63) is 48.4 Å². The van der Waals surface area contributed by atoms with Gasteiger partial charge in [-0.25, -0.2) is 4.98 Å². The molecule has 0 aliphatic carbocycles. The van der Waals surface area contributed by atoms with Gasteiger partial charge in [0.25, 0.3) is 0 Å². The maximum atomic E-state index is 12.1. The van der Waals surface area contributed by atoms with Crippen LogP contribution in [0, 0.1) is 0 Å². The topological polar surface area (TPSA) is 77.5 Å². The molecule has 18 heavy (non-hydrogen) atoms. The molecule has 90 valence electrons. The van der Waals surface area contributed by atoms with Gasteiger partial charge in [0.15, 0.2) is 11.4 Å². The van der Waals surface area contributed by atoms with E-state index in [0.29, 0.717) is 16.6 Å². The molecule has 6 heteroatoms. The number of aromatic nitrogens is 4. The van der Waals surface area contributed by atoms with E-state index in [1.54, 1.807) is 12.4 Å². The second-order valence-electron chi connectivity index (χ2n) is 3.73. The fraction of sp³-hybridized carbons (Fsp3) is 0.0833. The van der Waals surface area contributed by atoms with Crippen molar-refractivity contribution in [3.63, 3.8) is 0 Å². The SMILES string of the molecule is [O-][S+](Cc1ccccn1)c1nc2ncccc2[nH]1. The minimum atomic E-state index is -1.24. The molecule has 0 saturated heterocycles. The summed E-state index contributed by atoms with van der Waals surface area (Å²) in [5.74, 6) is 0.348. The van der Waals surface area contributed by atoms with Gasteiger partial charge in [-0.2, -0.15) is 4.98 Å². The third kappa shape index (κ3) is 2.20. The van der Waals surface area contributed by atoms with Gasteiger partial charge in [0.1, 0.15) is 0 Å². The Morgan fingerprint density at radius 3 is 2.78 bits per heavy atom. The minimum Gasteiger partial charge on any atom is -0.609 e. The van der Waals surface area contributed by atoms with E-state index in [9.17, 15) is 4.55 Å². The molecule has 0 radical (unpaired) electrons. The van der Waals surface area contributed by atoms with Gasteiger partial charge < -0.3 is 4.55 Å². The van der Waals surface area contributed by atoms with Gasteiger partial charge in [-0.05, 0) is 24.3 Å². The van der Waals surface area contributed by atoms with E-state index in [-0.39, 0.29) is 0 Å². The van der Waals surface area contributed by atoms with Crippen LogP contribution < -0.4 is 0 Å². The highest BCUT2D eigenvalue weighted by atomic mass is 32.2. The lowest BCUT2D eigenvalue weighted by molar-refractivity contribution is 0.586. The fourth-order valence-corrected chi connectivity index (χ4v) is 2.61. The van der Waals surface area contributed by atoms with E-state index < -0.39 is 11.2 Å². The van der Waals surface area contributed by atoms with Crippen LogP contribution in [0.5, 0.6) is 0 Å². The maximum absolute atomic E-state index is 12.1. The van der Waals surface area contributed by atoms with Crippen LogP contribution in [0.2, 0.25) is 0 Å². The second kappa shape index (κ2) is 4.75. The molecular formula is C12H10N4OS. The Hall–Kier alpha value is -1.92. The molecule has 5 nitrogen and oxygen atoms in total. The molecule has 3 aromatic heterocycles. The first-order valence-corrected chi connectivity index (χ1v) is 6.74. The van der Waals surface area contributed by atoms with Crippen molar-refractivity contribution < 1.29 is 4.55 Å². The molecule has 0 bridgehead atoms. The van der Waals surface area contributed by atoms with Gasteiger partial charge in [0.2, 0.25) is 0 Å². The van der Waals surface area contributed by atoms with E-state index in [1.807, 2.05) is 30.3 Å². The summed E-state index contributed by atoms with van der Waals surface area (Å²) >= 11 is -1.24. The minimum absolute atomic E-state index is 0.348. The Morgan fingerprint density at radius 1 is 1.11 bits per heavy atom. The molecule has 0 spiro atoms. The van der Waals surface area contributed by atoms with Crippen LogP contribution in [-0.4, -0.2) is 24.5 Å². The molecule has 0 aromatic carbocycles. The standard InChI is InChI=1S/C12H10N4OS/c17-18(8-9-4-1-2-6-13-9)12-15-10-5-3-7-14-11(10)16-12/h1-7H,8H2,(H,14,15,16). The van der Waals surface area contributed by atoms with E-state index in [4.69, 9.17) is 0 Å². The summed E-state index contributed by atoms with van der Waals surface area (Å²) in [6, 6.07) is 9.22. The lowest BCUT2D eigenvalue weighted by Crippen LogP contribution is -2.08. The average Bonchev–Trinajstić information content (AvgIpc) is 2.84. The van der Waals surface area contributed by atoms with Crippen molar-refractivity contribution in [1.82, 2.24) is 19.9 Å². The van der Waals surface area contributed by atoms with Crippen molar-refractivity contribution in [3.8, 4) is 0 Å². The number of nitrogens with zero attached hydrogens (tertiary/aromatic N) is 3. The van der Waals surface area contributed by atoms with Crippen molar-refractivity contribution in [2.45, 2.75) is 10.9 Å². The predicted octanol–water partition coefficient (Wildman–Crippen LogP) is 1.66. The number of H-pyrrole nitrogens is 1. The van der Waals surface area contributed by atoms with E-state index in [2.05, 4.69) is 19.9 Å². The van der Waals surface area contributed by atoms with Crippen LogP contribution in [0.1, 0.15) is 5.69 Å². The molecule has 0 saturated carbocycles. The number of aromatic amines is 1. The molecular weight excluding hydrogens is 248 g/mol. The van der Waals surface area contributed by atoms with Gasteiger partial charge >= 0.3 is 5.16 Å². The lowest BCUT2D eigenvalue weighted by atomic mass is 10.4. The van der Waals surface area contributed by atoms with Crippen molar-refractivity contribution in [2.75, 3.05) is 0 Å². The lowest BCUT2D eigenvalue weighted by Gasteiger charge is -2.05.